The zero-order valence-corrected chi connectivity index (χ0v) is 20.7. The summed E-state index contributed by atoms with van der Waals surface area (Å²) in [6.07, 6.45) is 0.929. The van der Waals surface area contributed by atoms with E-state index in [0.29, 0.717) is 44.2 Å². The summed E-state index contributed by atoms with van der Waals surface area (Å²) in [5.41, 5.74) is 3.88. The van der Waals surface area contributed by atoms with Crippen LogP contribution in [0.5, 0.6) is 0 Å². The fraction of sp³-hybridized carbons (Fsp3) is 0.370. The number of halogens is 1. The zero-order valence-electron chi connectivity index (χ0n) is 20.7. The Morgan fingerprint density at radius 3 is 2.81 bits per heavy atom. The minimum Gasteiger partial charge on any atom is -0.442 e. The fourth-order valence-electron chi connectivity index (χ4n) is 4.60. The number of carbonyl (C=O) groups excluding carboxylic acids is 2. The minimum absolute atomic E-state index is 0.155. The van der Waals surface area contributed by atoms with E-state index in [2.05, 4.69) is 15.6 Å². The number of nitrogens with one attached hydrogen (secondary N) is 2. The molecule has 194 valence electrons. The van der Waals surface area contributed by atoms with Crippen LogP contribution in [0.4, 0.5) is 26.2 Å². The SMILES string of the molecule is Cc1ccc2c(NCCC(=O)NC[C@H]3CN(c4ccc(N5CCOCC5)c(F)c4)C(=O)O3)ccnc2c1. The molecule has 2 amide bonds. The number of cyclic esters (lactones) is 1. The summed E-state index contributed by atoms with van der Waals surface area (Å²) in [6, 6.07) is 12.7. The first-order valence-corrected chi connectivity index (χ1v) is 12.4. The third kappa shape index (κ3) is 5.75. The Hall–Kier alpha value is -3.92. The molecular weight excluding hydrogens is 477 g/mol. The molecule has 1 atom stereocenters. The molecule has 10 heteroatoms. The molecule has 0 bridgehead atoms. The Kier molecular flexibility index (Phi) is 7.36. The molecule has 3 heterocycles. The van der Waals surface area contributed by atoms with E-state index >= 15 is 0 Å². The van der Waals surface area contributed by atoms with Crippen molar-refractivity contribution in [1.82, 2.24) is 10.3 Å². The van der Waals surface area contributed by atoms with Crippen LogP contribution in [0.3, 0.4) is 0 Å². The van der Waals surface area contributed by atoms with Crippen molar-refractivity contribution in [2.24, 2.45) is 0 Å². The number of hydrogen-bond acceptors (Lipinski definition) is 7. The van der Waals surface area contributed by atoms with Crippen LogP contribution in [0.15, 0.2) is 48.7 Å². The molecule has 5 rings (SSSR count). The lowest BCUT2D eigenvalue weighted by molar-refractivity contribution is -0.121. The van der Waals surface area contributed by atoms with Gasteiger partial charge in [0.25, 0.3) is 0 Å². The third-order valence-corrected chi connectivity index (χ3v) is 6.56. The summed E-state index contributed by atoms with van der Waals surface area (Å²) in [5.74, 6) is -0.550. The Labute approximate surface area is 214 Å². The number of hydrogen-bond donors (Lipinski definition) is 2. The first-order chi connectivity index (χ1) is 18.0. The number of rotatable bonds is 8. The topological polar surface area (TPSA) is 96.0 Å². The molecule has 2 N–H and O–H groups in total. The summed E-state index contributed by atoms with van der Waals surface area (Å²) < 4.78 is 25.5. The number of pyridine rings is 1. The van der Waals surface area contributed by atoms with Crippen molar-refractivity contribution in [3.05, 3.63) is 60.0 Å². The number of fused-ring (bicyclic) bond motifs is 1. The second-order valence-electron chi connectivity index (χ2n) is 9.21. The van der Waals surface area contributed by atoms with Crippen molar-refractivity contribution < 1.29 is 23.5 Å². The number of ether oxygens (including phenoxy) is 2. The van der Waals surface area contributed by atoms with Crippen LogP contribution in [-0.4, -0.2) is 69.0 Å². The van der Waals surface area contributed by atoms with Crippen LogP contribution in [-0.2, 0) is 14.3 Å². The highest BCUT2D eigenvalue weighted by Crippen LogP contribution is 2.28. The van der Waals surface area contributed by atoms with Gasteiger partial charge < -0.3 is 25.0 Å². The van der Waals surface area contributed by atoms with Gasteiger partial charge in [0, 0.05) is 43.3 Å². The molecule has 2 aliphatic heterocycles. The molecule has 0 aliphatic carbocycles. The Morgan fingerprint density at radius 2 is 2.00 bits per heavy atom. The van der Waals surface area contributed by atoms with Crippen molar-refractivity contribution in [1.29, 1.82) is 0 Å². The first kappa shape index (κ1) is 24.8. The normalized spacial score (nSPS) is 17.7. The molecular formula is C27H30FN5O4. The van der Waals surface area contributed by atoms with Crippen molar-refractivity contribution in [2.45, 2.75) is 19.4 Å². The third-order valence-electron chi connectivity index (χ3n) is 6.56. The molecule has 2 saturated heterocycles. The number of carbonyl (C=O) groups is 2. The van der Waals surface area contributed by atoms with E-state index in [0.717, 1.165) is 22.2 Å². The molecule has 9 nitrogen and oxygen atoms in total. The number of benzene rings is 2. The summed E-state index contributed by atoms with van der Waals surface area (Å²) in [5, 5.41) is 7.12. The van der Waals surface area contributed by atoms with E-state index in [1.165, 1.54) is 11.0 Å². The highest BCUT2D eigenvalue weighted by atomic mass is 19.1. The second-order valence-corrected chi connectivity index (χ2v) is 9.21. The largest absolute Gasteiger partial charge is 0.442 e. The van der Waals surface area contributed by atoms with Gasteiger partial charge in [0.2, 0.25) is 5.91 Å². The monoisotopic (exact) mass is 507 g/mol. The fourth-order valence-corrected chi connectivity index (χ4v) is 4.60. The summed E-state index contributed by atoms with van der Waals surface area (Å²) >= 11 is 0. The van der Waals surface area contributed by atoms with Crippen molar-refractivity contribution in [3.8, 4) is 0 Å². The van der Waals surface area contributed by atoms with E-state index in [1.807, 2.05) is 36.1 Å². The maximum atomic E-state index is 14.8. The highest BCUT2D eigenvalue weighted by molar-refractivity contribution is 5.92. The van der Waals surface area contributed by atoms with E-state index in [-0.39, 0.29) is 25.4 Å². The van der Waals surface area contributed by atoms with Gasteiger partial charge in [-0.15, -0.1) is 0 Å². The molecule has 0 unspecified atom stereocenters. The first-order valence-electron chi connectivity index (χ1n) is 12.4. The predicted molar refractivity (Wildman–Crippen MR) is 140 cm³/mol. The Bertz CT molecular complexity index is 1300. The average Bonchev–Trinajstić information content (AvgIpc) is 3.28. The van der Waals surface area contributed by atoms with Gasteiger partial charge in [0.05, 0.1) is 43.2 Å². The maximum absolute atomic E-state index is 14.8. The number of morpholine rings is 1. The van der Waals surface area contributed by atoms with Gasteiger partial charge in [-0.1, -0.05) is 12.1 Å². The van der Waals surface area contributed by atoms with Crippen LogP contribution in [0.1, 0.15) is 12.0 Å². The zero-order chi connectivity index (χ0) is 25.8. The van der Waals surface area contributed by atoms with Gasteiger partial charge >= 0.3 is 6.09 Å². The lowest BCUT2D eigenvalue weighted by Gasteiger charge is -2.29. The van der Waals surface area contributed by atoms with E-state index in [9.17, 15) is 14.0 Å². The van der Waals surface area contributed by atoms with Crippen LogP contribution in [0, 0.1) is 12.7 Å². The predicted octanol–water partition coefficient (Wildman–Crippen LogP) is 3.46. The number of amides is 2. The van der Waals surface area contributed by atoms with E-state index < -0.39 is 18.0 Å². The lowest BCUT2D eigenvalue weighted by atomic mass is 10.1. The number of nitrogens with zero attached hydrogens (tertiary/aromatic N) is 3. The van der Waals surface area contributed by atoms with Gasteiger partial charge in [0.15, 0.2) is 0 Å². The quantitative estimate of drug-likeness (QED) is 0.482. The van der Waals surface area contributed by atoms with Gasteiger partial charge in [-0.3, -0.25) is 14.7 Å². The molecule has 0 radical (unpaired) electrons. The minimum atomic E-state index is -0.556. The number of aromatic nitrogens is 1. The van der Waals surface area contributed by atoms with E-state index in [4.69, 9.17) is 9.47 Å². The second kappa shape index (κ2) is 11.0. The number of aryl methyl sites for hydroxylation is 1. The summed E-state index contributed by atoms with van der Waals surface area (Å²) in [4.78, 5) is 32.5. The van der Waals surface area contributed by atoms with Gasteiger partial charge in [-0.2, -0.15) is 0 Å². The molecule has 0 spiro atoms. The molecule has 1 aromatic heterocycles. The lowest BCUT2D eigenvalue weighted by Crippen LogP contribution is -2.37. The molecule has 2 aromatic carbocycles. The van der Waals surface area contributed by atoms with Gasteiger partial charge in [-0.25, -0.2) is 9.18 Å². The number of anilines is 3. The summed E-state index contributed by atoms with van der Waals surface area (Å²) in [7, 11) is 0. The molecule has 0 saturated carbocycles. The Balaban J connectivity index is 1.10. The summed E-state index contributed by atoms with van der Waals surface area (Å²) in [6.45, 7) is 5.25. The van der Waals surface area contributed by atoms with Crippen molar-refractivity contribution in [3.63, 3.8) is 0 Å². The van der Waals surface area contributed by atoms with Crippen LogP contribution >= 0.6 is 0 Å². The molecule has 3 aromatic rings. The van der Waals surface area contributed by atoms with Gasteiger partial charge in [0.1, 0.15) is 11.9 Å². The van der Waals surface area contributed by atoms with E-state index in [1.54, 1.807) is 18.3 Å². The molecule has 37 heavy (non-hydrogen) atoms. The molecule has 2 fully saturated rings. The highest BCUT2D eigenvalue weighted by Gasteiger charge is 2.33. The van der Waals surface area contributed by atoms with Crippen LogP contribution < -0.4 is 20.4 Å². The van der Waals surface area contributed by atoms with Crippen LogP contribution in [0.25, 0.3) is 10.9 Å². The van der Waals surface area contributed by atoms with Crippen LogP contribution in [0.2, 0.25) is 0 Å². The maximum Gasteiger partial charge on any atom is 0.414 e. The van der Waals surface area contributed by atoms with Crippen molar-refractivity contribution in [2.75, 3.05) is 61.1 Å². The smallest absolute Gasteiger partial charge is 0.414 e. The molecule has 2 aliphatic rings. The van der Waals surface area contributed by atoms with Gasteiger partial charge in [-0.05, 0) is 42.8 Å². The van der Waals surface area contributed by atoms with Crippen molar-refractivity contribution >= 4 is 40.0 Å². The average molecular weight is 508 g/mol. The standard InChI is InChI=1S/C27H30FN5O4/c1-18-2-4-21-23(6-8-30-24(21)14-18)29-9-7-26(34)31-16-20-17-33(27(35)37-20)19-3-5-25(22(28)15-19)32-10-12-36-13-11-32/h2-6,8,14-15,20H,7,9-13,16-17H2,1H3,(H,29,30)(H,31,34)/t20-/m0/s1. The Morgan fingerprint density at radius 1 is 1.16 bits per heavy atom.